The molecule has 0 radical (unpaired) electrons. The van der Waals surface area contributed by atoms with Crippen LogP contribution in [-0.4, -0.2) is 0 Å². The maximum absolute atomic E-state index is 2.52. The Kier molecular flexibility index (Phi) is 21.8. The van der Waals surface area contributed by atoms with Crippen molar-refractivity contribution in [3.05, 3.63) is 270 Å². The molecule has 11 aliphatic rings. The Bertz CT molecular complexity index is 3980. The van der Waals surface area contributed by atoms with Crippen LogP contribution in [0.25, 0.3) is 0 Å². The van der Waals surface area contributed by atoms with Gasteiger partial charge in [-0.05, 0) is 346 Å². The van der Waals surface area contributed by atoms with Crippen molar-refractivity contribution >= 4 is 32.7 Å². The summed E-state index contributed by atoms with van der Waals surface area (Å²) in [6, 6.07) is 92.4. The average Bonchev–Trinajstić information content (AvgIpc) is 1.59. The highest BCUT2D eigenvalue weighted by Crippen LogP contribution is 2.65. The van der Waals surface area contributed by atoms with Crippen LogP contribution in [0.1, 0.15) is 268 Å². The molecule has 4 bridgehead atoms. The van der Waals surface area contributed by atoms with Crippen LogP contribution >= 0.6 is 0 Å². The zero-order chi connectivity index (χ0) is 69.1. The van der Waals surface area contributed by atoms with Gasteiger partial charge in [0.2, 0.25) is 0 Å². The van der Waals surface area contributed by atoms with Crippen molar-refractivity contribution in [2.45, 2.75) is 279 Å². The van der Waals surface area contributed by atoms with E-state index in [1.165, 1.54) is 243 Å². The van der Waals surface area contributed by atoms with Crippen molar-refractivity contribution in [1.82, 2.24) is 0 Å². The molecule has 0 nitrogen and oxygen atoms in total. The van der Waals surface area contributed by atoms with E-state index in [1.807, 2.05) is 0 Å². The Labute approximate surface area is 635 Å². The average molecular weight is 1430 g/mol. The van der Waals surface area contributed by atoms with Crippen LogP contribution in [0.3, 0.4) is 0 Å². The van der Waals surface area contributed by atoms with Gasteiger partial charge in [0, 0.05) is 0 Å². The van der Waals surface area contributed by atoms with E-state index in [1.54, 1.807) is 33.4 Å². The normalized spacial score (nSPS) is 28.8. The molecule has 0 aromatic heterocycles. The van der Waals surface area contributed by atoms with Crippen molar-refractivity contribution in [3.63, 3.8) is 0 Å². The van der Waals surface area contributed by atoms with E-state index in [4.69, 9.17) is 0 Å². The van der Waals surface area contributed by atoms with Gasteiger partial charge in [-0.15, -0.1) is 0 Å². The molecule has 9 aromatic carbocycles. The molecular weight excluding hydrogens is 1310 g/mol. The fraction of sp³-hybridized carbons (Fsp3) is 0.465. The molecule has 11 aliphatic carbocycles. The van der Waals surface area contributed by atoms with Gasteiger partial charge in [0.25, 0.3) is 0 Å². The summed E-state index contributed by atoms with van der Waals surface area (Å²) in [6.45, 7) is 0. The van der Waals surface area contributed by atoms with E-state index in [0.29, 0.717) is 0 Å². The van der Waals surface area contributed by atoms with Crippen molar-refractivity contribution in [2.24, 2.45) is 59.2 Å². The lowest BCUT2D eigenvalue weighted by Crippen LogP contribution is -2.23. The Morgan fingerprint density at radius 2 is 0.442 bits per heavy atom. The van der Waals surface area contributed by atoms with Crippen LogP contribution in [0, 0.1) is 59.2 Å². The molecular formula is C101H117S3+3. The number of benzene rings is 9. The van der Waals surface area contributed by atoms with Crippen molar-refractivity contribution < 1.29 is 0 Å². The van der Waals surface area contributed by atoms with Crippen LogP contribution in [0.15, 0.2) is 281 Å². The molecule has 3 heteroatoms. The third kappa shape index (κ3) is 14.9. The lowest BCUT2D eigenvalue weighted by molar-refractivity contribution is 0.232. The predicted octanol–water partition coefficient (Wildman–Crippen LogP) is 28.3. The second-order valence-corrected chi connectivity index (χ2v) is 40.8. The van der Waals surface area contributed by atoms with E-state index in [0.717, 1.165) is 94.7 Å². The van der Waals surface area contributed by atoms with Crippen LogP contribution in [0.2, 0.25) is 0 Å². The minimum atomic E-state index is -0.0542. The molecule has 14 unspecified atom stereocenters. The highest BCUT2D eigenvalue weighted by molar-refractivity contribution is 7.97. The topological polar surface area (TPSA) is 0 Å². The summed E-state index contributed by atoms with van der Waals surface area (Å²) in [7, 11) is -0.133. The van der Waals surface area contributed by atoms with Gasteiger partial charge >= 0.3 is 0 Å². The Morgan fingerprint density at radius 3 is 0.779 bits per heavy atom. The summed E-state index contributed by atoms with van der Waals surface area (Å²) in [5, 5.41) is 0. The molecule has 11 saturated carbocycles. The molecule has 0 N–H and O–H groups in total. The summed E-state index contributed by atoms with van der Waals surface area (Å²) in [4.78, 5) is 13.0. The van der Waals surface area contributed by atoms with Gasteiger partial charge in [-0.3, -0.25) is 0 Å². The number of hydrogen-bond donors (Lipinski definition) is 0. The van der Waals surface area contributed by atoms with Crippen LogP contribution in [0.5, 0.6) is 0 Å². The first-order valence-electron chi connectivity index (χ1n) is 42.5. The maximum Gasteiger partial charge on any atom is 0.166 e. The highest BCUT2D eigenvalue weighted by Gasteiger charge is 2.55. The molecule has 9 aromatic rings. The molecule has 0 heterocycles. The molecule has 104 heavy (non-hydrogen) atoms. The summed E-state index contributed by atoms with van der Waals surface area (Å²) in [5.41, 5.74) is 9.51. The first-order valence-corrected chi connectivity index (χ1v) is 46.2. The lowest BCUT2D eigenvalue weighted by Gasteiger charge is -2.32. The van der Waals surface area contributed by atoms with E-state index < -0.39 is 0 Å². The first kappa shape index (κ1) is 69.8. The van der Waals surface area contributed by atoms with Gasteiger partial charge in [-0.25, -0.2) is 0 Å². The predicted molar refractivity (Wildman–Crippen MR) is 439 cm³/mol. The molecule has 0 saturated heterocycles. The third-order valence-electron chi connectivity index (χ3n) is 29.3. The zero-order valence-corrected chi connectivity index (χ0v) is 64.8. The molecule has 11 fully saturated rings. The minimum Gasteiger partial charge on any atom is -0.0619 e. The summed E-state index contributed by atoms with van der Waals surface area (Å²) in [6.07, 6.45) is 44.6. The van der Waals surface area contributed by atoms with E-state index in [9.17, 15) is 0 Å². The van der Waals surface area contributed by atoms with Gasteiger partial charge in [-0.1, -0.05) is 217 Å². The fourth-order valence-corrected chi connectivity index (χ4v) is 30.5. The van der Waals surface area contributed by atoms with Crippen LogP contribution < -0.4 is 0 Å². The minimum absolute atomic E-state index is 0.0305. The molecule has 0 aliphatic heterocycles. The number of rotatable bonds is 15. The first-order chi connectivity index (χ1) is 51.5. The second-order valence-electron chi connectivity index (χ2n) is 34.8. The summed E-state index contributed by atoms with van der Waals surface area (Å²) >= 11 is 0. The SMILES string of the molecule is c1cc([S+](c2ccc(C3CCCCC3)cc2)c2ccc(C3CCCCC3)cc2)ccc1C1CCCCC1.c1ccc([S+](c2ccc(C3CCC4CCCC4C3)cc2)c2ccc(C3CC4CC3C3CCCC43)cc2)cc1.c1ccc([S+](c2ccccc2)c2ccc(C3CC4CC3C3CCCC43)cc2)cc1. The molecule has 20 rings (SSSR count). The van der Waals surface area contributed by atoms with E-state index in [2.05, 4.69) is 237 Å². The molecule has 0 spiro atoms. The highest BCUT2D eigenvalue weighted by atomic mass is 32.2. The van der Waals surface area contributed by atoms with Gasteiger partial charge < -0.3 is 0 Å². The smallest absolute Gasteiger partial charge is 0.0619 e. The molecule has 14 atom stereocenters. The number of hydrogen-bond acceptors (Lipinski definition) is 0. The monoisotopic (exact) mass is 1430 g/mol. The standard InChI is InChI=1S/C37H43S.C36H45S.C28H29S/c1-2-8-31(9-3-1)38(32-18-14-26(15-19-32)29-13-12-25-6-4-7-28(25)22-29)33-20-16-27(17-21-33)36-23-30-24-37(36)35-11-5-10-34(30)35;1-4-10-28(11-5-1)31-16-22-34(23-17-31)37(35-24-18-32(19-25-35)29-12-6-2-7-13-29)36-26-20-33(21-27-36)30-14-8-3-9-15-30;1-3-8-22(9-4-1)29(23-10-5-2-6-11-23)24-16-14-20(15-17-24)27-18-21-19-28(27)26-13-7-12-25(21)26/h1-3,8-9,14-21,25,28-30,34-37H,4-7,10-13,22-24H2;16-30H,1-15H2;1-6,8-11,14-17,21,25-28H,7,12-13,18-19H2/q3*+1. The largest absolute Gasteiger partial charge is 0.166 e. The maximum atomic E-state index is 2.52. The van der Waals surface area contributed by atoms with Crippen molar-refractivity contribution in [2.75, 3.05) is 0 Å². The second kappa shape index (κ2) is 32.5. The zero-order valence-electron chi connectivity index (χ0n) is 62.4. The fourth-order valence-electron chi connectivity index (χ4n) is 24.3. The Morgan fingerprint density at radius 1 is 0.163 bits per heavy atom. The van der Waals surface area contributed by atoms with Gasteiger partial charge in [0.15, 0.2) is 44.1 Å². The summed E-state index contributed by atoms with van der Waals surface area (Å²) < 4.78 is 0. The lowest BCUT2D eigenvalue weighted by atomic mass is 9.73. The summed E-state index contributed by atoms with van der Waals surface area (Å²) in [5.74, 6) is 15.0. The van der Waals surface area contributed by atoms with E-state index in [-0.39, 0.29) is 32.7 Å². The molecule has 0 amide bonds. The van der Waals surface area contributed by atoms with Crippen LogP contribution in [-0.2, 0) is 32.7 Å². The van der Waals surface area contributed by atoms with E-state index >= 15 is 0 Å². The van der Waals surface area contributed by atoms with Crippen molar-refractivity contribution in [1.29, 1.82) is 0 Å². The Hall–Kier alpha value is -5.97. The Balaban J connectivity index is 0.000000112. The third-order valence-corrected chi connectivity index (χ3v) is 36.0. The van der Waals surface area contributed by atoms with Gasteiger partial charge in [0.1, 0.15) is 0 Å². The van der Waals surface area contributed by atoms with Crippen LogP contribution in [0.4, 0.5) is 0 Å². The van der Waals surface area contributed by atoms with Crippen molar-refractivity contribution in [3.8, 4) is 0 Å². The quantitative estimate of drug-likeness (QED) is 0.0898. The number of fused-ring (bicyclic) bond motifs is 11. The molecule has 536 valence electrons. The van der Waals surface area contributed by atoms with Gasteiger partial charge in [-0.2, -0.15) is 0 Å². The van der Waals surface area contributed by atoms with Gasteiger partial charge in [0.05, 0.1) is 32.7 Å².